The van der Waals surface area contributed by atoms with Crippen LogP contribution in [0.15, 0.2) is 48.5 Å². The molecule has 0 bridgehead atoms. The molecule has 2 aliphatic rings. The fourth-order valence-electron chi connectivity index (χ4n) is 4.37. The zero-order chi connectivity index (χ0) is 21.8. The van der Waals surface area contributed by atoms with Gasteiger partial charge in [0.2, 0.25) is 5.91 Å². The van der Waals surface area contributed by atoms with Crippen LogP contribution < -0.4 is 10.2 Å². The molecule has 6 nitrogen and oxygen atoms in total. The van der Waals surface area contributed by atoms with E-state index in [4.69, 9.17) is 16.3 Å². The normalized spacial score (nSPS) is 20.0. The van der Waals surface area contributed by atoms with Crippen LogP contribution in [0.3, 0.4) is 0 Å². The Bertz CT molecular complexity index is 909. The van der Waals surface area contributed by atoms with E-state index in [1.54, 1.807) is 17.0 Å². The lowest BCUT2D eigenvalue weighted by Crippen LogP contribution is -2.40. The molecule has 2 heterocycles. The van der Waals surface area contributed by atoms with Crippen molar-refractivity contribution < 1.29 is 14.3 Å². The number of hydrogen-bond donors (Lipinski definition) is 1. The Morgan fingerprint density at radius 2 is 1.77 bits per heavy atom. The first-order valence-corrected chi connectivity index (χ1v) is 11.2. The lowest BCUT2D eigenvalue weighted by atomic mass is 9.90. The van der Waals surface area contributed by atoms with E-state index in [9.17, 15) is 9.59 Å². The largest absolute Gasteiger partial charge is 0.443 e. The average molecular weight is 442 g/mol. The minimum absolute atomic E-state index is 0.0515. The molecule has 2 saturated heterocycles. The van der Waals surface area contributed by atoms with Gasteiger partial charge in [-0.2, -0.15) is 0 Å². The zero-order valence-electron chi connectivity index (χ0n) is 17.7. The van der Waals surface area contributed by atoms with Crippen LogP contribution in [0, 0.1) is 5.92 Å². The molecule has 2 aromatic rings. The maximum atomic E-state index is 12.3. The van der Waals surface area contributed by atoms with Gasteiger partial charge in [-0.15, -0.1) is 0 Å². The molecule has 0 unspecified atom stereocenters. The quantitative estimate of drug-likeness (QED) is 0.712. The highest BCUT2D eigenvalue weighted by Crippen LogP contribution is 2.26. The van der Waals surface area contributed by atoms with Gasteiger partial charge in [-0.3, -0.25) is 14.6 Å². The lowest BCUT2D eigenvalue weighted by Gasteiger charge is -2.33. The number of cyclic esters (lactones) is 1. The summed E-state index contributed by atoms with van der Waals surface area (Å²) >= 11 is 5.94. The van der Waals surface area contributed by atoms with Gasteiger partial charge in [-0.25, -0.2) is 4.79 Å². The Labute approximate surface area is 188 Å². The Morgan fingerprint density at radius 1 is 1.10 bits per heavy atom. The summed E-state index contributed by atoms with van der Waals surface area (Å²) in [6.07, 6.45) is 2.92. The molecule has 2 amide bonds. The first-order chi connectivity index (χ1) is 15.0. The number of ether oxygens (including phenoxy) is 1. The minimum atomic E-state index is -0.287. The van der Waals surface area contributed by atoms with Crippen molar-refractivity contribution in [2.24, 2.45) is 5.92 Å². The fraction of sp³-hybridized carbons (Fsp3) is 0.417. The first-order valence-electron chi connectivity index (χ1n) is 10.8. The molecule has 0 spiro atoms. The van der Waals surface area contributed by atoms with Crippen molar-refractivity contribution in [3.63, 3.8) is 0 Å². The van der Waals surface area contributed by atoms with E-state index in [-0.39, 0.29) is 18.1 Å². The standard InChI is InChI=1S/C24H28ClN3O3/c1-17(29)26-21-6-2-18(3-7-21)14-19-10-12-27(13-11-19)15-23-16-28(24(30)31-23)22-8-4-20(25)5-9-22/h2-9,19,23H,10-16H2,1H3,(H,26,29)/t23-/m0/s1. The number of carbonyl (C=O) groups is 2. The summed E-state index contributed by atoms with van der Waals surface area (Å²) in [5.41, 5.74) is 2.96. The monoisotopic (exact) mass is 441 g/mol. The molecular formula is C24H28ClN3O3. The van der Waals surface area contributed by atoms with Crippen molar-refractivity contribution in [3.8, 4) is 0 Å². The molecule has 1 atom stereocenters. The van der Waals surface area contributed by atoms with Crippen LogP contribution in [0.5, 0.6) is 0 Å². The van der Waals surface area contributed by atoms with Crippen LogP contribution in [-0.4, -0.2) is 49.2 Å². The van der Waals surface area contributed by atoms with Crippen molar-refractivity contribution >= 4 is 35.0 Å². The summed E-state index contributed by atoms with van der Waals surface area (Å²) in [6, 6.07) is 15.4. The van der Waals surface area contributed by atoms with Crippen LogP contribution in [0.25, 0.3) is 0 Å². The molecule has 1 N–H and O–H groups in total. The van der Waals surface area contributed by atoms with Gasteiger partial charge in [0.15, 0.2) is 0 Å². The lowest BCUT2D eigenvalue weighted by molar-refractivity contribution is -0.114. The maximum absolute atomic E-state index is 12.3. The molecule has 7 heteroatoms. The average Bonchev–Trinajstić information content (AvgIpc) is 3.11. The molecule has 0 saturated carbocycles. The SMILES string of the molecule is CC(=O)Nc1ccc(CC2CCN(C[C@H]3CN(c4ccc(Cl)cc4)C(=O)O3)CC2)cc1. The van der Waals surface area contributed by atoms with Crippen molar-refractivity contribution in [1.82, 2.24) is 4.90 Å². The van der Waals surface area contributed by atoms with Gasteiger partial charge in [0.1, 0.15) is 6.10 Å². The molecule has 164 valence electrons. The van der Waals surface area contributed by atoms with Crippen molar-refractivity contribution in [2.45, 2.75) is 32.3 Å². The maximum Gasteiger partial charge on any atom is 0.414 e. The Balaban J connectivity index is 1.23. The number of amides is 2. The number of piperidine rings is 1. The molecule has 0 radical (unpaired) electrons. The number of rotatable bonds is 6. The molecule has 0 aliphatic carbocycles. The highest BCUT2D eigenvalue weighted by atomic mass is 35.5. The van der Waals surface area contributed by atoms with Crippen LogP contribution in [-0.2, 0) is 16.0 Å². The summed E-state index contributed by atoms with van der Waals surface area (Å²) in [7, 11) is 0. The molecule has 2 aliphatic heterocycles. The van der Waals surface area contributed by atoms with Gasteiger partial charge in [-0.1, -0.05) is 23.7 Å². The Hall–Kier alpha value is -2.57. The fourth-order valence-corrected chi connectivity index (χ4v) is 4.50. The number of anilines is 2. The topological polar surface area (TPSA) is 61.9 Å². The van der Waals surface area contributed by atoms with Crippen molar-refractivity contribution in [3.05, 3.63) is 59.1 Å². The van der Waals surface area contributed by atoms with Crippen molar-refractivity contribution in [2.75, 3.05) is 36.4 Å². The molecule has 2 aromatic carbocycles. The number of likely N-dealkylation sites (tertiary alicyclic amines) is 1. The highest BCUT2D eigenvalue weighted by Gasteiger charge is 2.34. The number of carbonyl (C=O) groups excluding carboxylic acids is 2. The van der Waals surface area contributed by atoms with E-state index in [1.165, 1.54) is 12.5 Å². The molecular weight excluding hydrogens is 414 g/mol. The van der Waals surface area contributed by atoms with E-state index in [2.05, 4.69) is 22.3 Å². The van der Waals surface area contributed by atoms with Gasteiger partial charge in [0, 0.05) is 29.9 Å². The van der Waals surface area contributed by atoms with E-state index in [0.717, 1.165) is 50.3 Å². The van der Waals surface area contributed by atoms with Gasteiger partial charge in [-0.05, 0) is 80.2 Å². The second-order valence-electron chi connectivity index (χ2n) is 8.42. The predicted molar refractivity (Wildman–Crippen MR) is 123 cm³/mol. The molecule has 31 heavy (non-hydrogen) atoms. The molecule has 0 aromatic heterocycles. The van der Waals surface area contributed by atoms with Crippen LogP contribution in [0.1, 0.15) is 25.3 Å². The predicted octanol–water partition coefficient (Wildman–Crippen LogP) is 4.58. The highest BCUT2D eigenvalue weighted by molar-refractivity contribution is 6.30. The summed E-state index contributed by atoms with van der Waals surface area (Å²) in [5.74, 6) is 0.601. The third kappa shape index (κ3) is 5.77. The molecule has 2 fully saturated rings. The van der Waals surface area contributed by atoms with Crippen molar-refractivity contribution in [1.29, 1.82) is 0 Å². The Kier molecular flexibility index (Phi) is 6.78. The van der Waals surface area contributed by atoms with Gasteiger partial charge in [0.05, 0.1) is 6.54 Å². The number of hydrogen-bond acceptors (Lipinski definition) is 4. The summed E-state index contributed by atoms with van der Waals surface area (Å²) < 4.78 is 5.60. The molecule has 4 rings (SSSR count). The van der Waals surface area contributed by atoms with E-state index in [1.807, 2.05) is 24.3 Å². The number of nitrogens with zero attached hydrogens (tertiary/aromatic N) is 2. The summed E-state index contributed by atoms with van der Waals surface area (Å²) in [5, 5.41) is 3.46. The van der Waals surface area contributed by atoms with Gasteiger partial charge >= 0.3 is 6.09 Å². The van der Waals surface area contributed by atoms with Crippen LogP contribution in [0.4, 0.5) is 16.2 Å². The smallest absolute Gasteiger partial charge is 0.414 e. The van der Waals surface area contributed by atoms with Gasteiger partial charge in [0.25, 0.3) is 0 Å². The first kappa shape index (κ1) is 21.7. The van der Waals surface area contributed by atoms with Crippen LogP contribution >= 0.6 is 11.6 Å². The second-order valence-corrected chi connectivity index (χ2v) is 8.86. The number of benzene rings is 2. The Morgan fingerprint density at radius 3 is 2.42 bits per heavy atom. The van der Waals surface area contributed by atoms with E-state index >= 15 is 0 Å². The third-order valence-corrected chi connectivity index (χ3v) is 6.23. The minimum Gasteiger partial charge on any atom is -0.443 e. The number of halogens is 1. The van der Waals surface area contributed by atoms with Gasteiger partial charge < -0.3 is 10.1 Å². The third-order valence-electron chi connectivity index (χ3n) is 5.98. The van der Waals surface area contributed by atoms with E-state index in [0.29, 0.717) is 17.5 Å². The summed E-state index contributed by atoms with van der Waals surface area (Å²) in [6.45, 7) is 4.89. The zero-order valence-corrected chi connectivity index (χ0v) is 18.5. The second kappa shape index (κ2) is 9.71. The number of nitrogens with one attached hydrogen (secondary N) is 1. The summed E-state index contributed by atoms with van der Waals surface area (Å²) in [4.78, 5) is 27.5. The van der Waals surface area contributed by atoms with E-state index < -0.39 is 0 Å². The van der Waals surface area contributed by atoms with Crippen LogP contribution in [0.2, 0.25) is 5.02 Å².